The lowest BCUT2D eigenvalue weighted by Gasteiger charge is -2.22. The summed E-state index contributed by atoms with van der Waals surface area (Å²) >= 11 is 16.1. The van der Waals surface area contributed by atoms with E-state index in [1.807, 2.05) is 29.9 Å². The maximum atomic E-state index is 6.34. The van der Waals surface area contributed by atoms with Gasteiger partial charge < -0.3 is 5.32 Å². The van der Waals surface area contributed by atoms with Crippen molar-refractivity contribution >= 4 is 39.1 Å². The van der Waals surface area contributed by atoms with E-state index in [9.17, 15) is 0 Å². The van der Waals surface area contributed by atoms with Gasteiger partial charge in [0.1, 0.15) is 0 Å². The molecule has 1 unspecified atom stereocenters. The molecule has 1 N–H and O–H groups in total. The molecule has 0 spiro atoms. The molecule has 1 aromatic heterocycles. The van der Waals surface area contributed by atoms with E-state index in [-0.39, 0.29) is 12.1 Å². The second-order valence-electron chi connectivity index (χ2n) is 4.80. The van der Waals surface area contributed by atoms with Crippen LogP contribution in [0.2, 0.25) is 10.0 Å². The molecule has 2 rings (SSSR count). The standard InChI is InChI=1S/C14H16BrCl2N3/c1-8(2)20-14(12(17)7-19-20)13(18-3)10-6-9(15)4-5-11(10)16/h4-8,13,18H,1-3H3. The Morgan fingerprint density at radius 2 is 1.95 bits per heavy atom. The number of hydrogen-bond donors (Lipinski definition) is 1. The summed E-state index contributed by atoms with van der Waals surface area (Å²) in [4.78, 5) is 0. The third-order valence-electron chi connectivity index (χ3n) is 3.11. The van der Waals surface area contributed by atoms with Crippen LogP contribution in [0.15, 0.2) is 28.9 Å². The van der Waals surface area contributed by atoms with E-state index in [1.54, 1.807) is 6.20 Å². The first-order valence-electron chi connectivity index (χ1n) is 6.30. The van der Waals surface area contributed by atoms with Crippen molar-refractivity contribution in [1.29, 1.82) is 0 Å². The minimum Gasteiger partial charge on any atom is -0.308 e. The van der Waals surface area contributed by atoms with Crippen molar-refractivity contribution in [3.8, 4) is 0 Å². The molecule has 2 aromatic rings. The number of halogens is 3. The molecule has 0 saturated carbocycles. The normalized spacial score (nSPS) is 12.9. The lowest BCUT2D eigenvalue weighted by Crippen LogP contribution is -2.23. The fraction of sp³-hybridized carbons (Fsp3) is 0.357. The Morgan fingerprint density at radius 3 is 2.55 bits per heavy atom. The largest absolute Gasteiger partial charge is 0.308 e. The van der Waals surface area contributed by atoms with Crippen LogP contribution in [-0.2, 0) is 0 Å². The van der Waals surface area contributed by atoms with Crippen molar-refractivity contribution in [3.63, 3.8) is 0 Å². The fourth-order valence-corrected chi connectivity index (χ4v) is 3.05. The van der Waals surface area contributed by atoms with Gasteiger partial charge in [-0.3, -0.25) is 4.68 Å². The van der Waals surface area contributed by atoms with Gasteiger partial charge in [0.25, 0.3) is 0 Å². The number of aromatic nitrogens is 2. The van der Waals surface area contributed by atoms with Crippen molar-refractivity contribution < 1.29 is 0 Å². The highest BCUT2D eigenvalue weighted by molar-refractivity contribution is 9.10. The number of nitrogens with zero attached hydrogens (tertiary/aromatic N) is 2. The molecule has 1 aromatic carbocycles. The first kappa shape index (κ1) is 15.8. The number of hydrogen-bond acceptors (Lipinski definition) is 2. The maximum Gasteiger partial charge on any atom is 0.0837 e. The topological polar surface area (TPSA) is 29.9 Å². The second-order valence-corrected chi connectivity index (χ2v) is 6.53. The lowest BCUT2D eigenvalue weighted by atomic mass is 10.0. The van der Waals surface area contributed by atoms with Crippen LogP contribution < -0.4 is 5.32 Å². The molecule has 0 aliphatic carbocycles. The average molecular weight is 377 g/mol. The first-order valence-corrected chi connectivity index (χ1v) is 7.85. The highest BCUT2D eigenvalue weighted by Crippen LogP contribution is 2.34. The van der Waals surface area contributed by atoms with Crippen LogP contribution in [0.3, 0.4) is 0 Å². The predicted molar refractivity (Wildman–Crippen MR) is 87.7 cm³/mol. The summed E-state index contributed by atoms with van der Waals surface area (Å²) in [5.41, 5.74) is 1.89. The van der Waals surface area contributed by atoms with Gasteiger partial charge in [0.15, 0.2) is 0 Å². The van der Waals surface area contributed by atoms with Crippen LogP contribution >= 0.6 is 39.1 Å². The molecular weight excluding hydrogens is 361 g/mol. The number of nitrogens with one attached hydrogen (secondary N) is 1. The molecule has 20 heavy (non-hydrogen) atoms. The molecule has 0 radical (unpaired) electrons. The summed E-state index contributed by atoms with van der Waals surface area (Å²) in [7, 11) is 1.88. The Hall–Kier alpha value is -0.550. The second kappa shape index (κ2) is 6.48. The molecule has 6 heteroatoms. The van der Waals surface area contributed by atoms with Crippen LogP contribution in [0.1, 0.15) is 37.2 Å². The zero-order valence-corrected chi connectivity index (χ0v) is 14.6. The smallest absolute Gasteiger partial charge is 0.0837 e. The maximum absolute atomic E-state index is 6.34. The van der Waals surface area contributed by atoms with Crippen molar-refractivity contribution in [2.24, 2.45) is 0 Å². The highest BCUT2D eigenvalue weighted by atomic mass is 79.9. The van der Waals surface area contributed by atoms with Gasteiger partial charge in [-0.2, -0.15) is 5.10 Å². The molecule has 0 saturated heterocycles. The monoisotopic (exact) mass is 375 g/mol. The van der Waals surface area contributed by atoms with Gasteiger partial charge in [-0.25, -0.2) is 0 Å². The molecule has 0 bridgehead atoms. The Labute approximate surface area is 137 Å². The minimum atomic E-state index is -0.114. The van der Waals surface area contributed by atoms with E-state index in [4.69, 9.17) is 23.2 Å². The van der Waals surface area contributed by atoms with E-state index in [0.717, 1.165) is 15.7 Å². The quantitative estimate of drug-likeness (QED) is 0.827. The van der Waals surface area contributed by atoms with E-state index < -0.39 is 0 Å². The SMILES string of the molecule is CNC(c1cc(Br)ccc1Cl)c1c(Cl)cnn1C(C)C. The Balaban J connectivity index is 2.58. The van der Waals surface area contributed by atoms with Crippen molar-refractivity contribution in [2.45, 2.75) is 25.9 Å². The molecule has 0 aliphatic rings. The molecule has 1 heterocycles. The van der Waals surface area contributed by atoms with E-state index in [2.05, 4.69) is 40.2 Å². The zero-order chi connectivity index (χ0) is 14.9. The van der Waals surface area contributed by atoms with Gasteiger partial charge in [-0.1, -0.05) is 39.1 Å². The summed E-state index contributed by atoms with van der Waals surface area (Å²) in [6, 6.07) is 5.89. The summed E-state index contributed by atoms with van der Waals surface area (Å²) in [6.07, 6.45) is 1.67. The third-order valence-corrected chi connectivity index (χ3v) is 4.24. The summed E-state index contributed by atoms with van der Waals surface area (Å²) in [5, 5.41) is 8.95. The van der Waals surface area contributed by atoms with Gasteiger partial charge in [0.05, 0.1) is 23.0 Å². The third kappa shape index (κ3) is 3.03. The zero-order valence-electron chi connectivity index (χ0n) is 11.5. The average Bonchev–Trinajstić information content (AvgIpc) is 2.77. The Bertz CT molecular complexity index is 610. The summed E-state index contributed by atoms with van der Waals surface area (Å²) in [6.45, 7) is 4.14. The van der Waals surface area contributed by atoms with Crippen LogP contribution in [-0.4, -0.2) is 16.8 Å². The molecule has 0 aliphatic heterocycles. The van der Waals surface area contributed by atoms with Gasteiger partial charge in [-0.05, 0) is 44.7 Å². The van der Waals surface area contributed by atoms with E-state index in [1.165, 1.54) is 0 Å². The van der Waals surface area contributed by atoms with Crippen molar-refractivity contribution in [1.82, 2.24) is 15.1 Å². The number of benzene rings is 1. The molecule has 3 nitrogen and oxygen atoms in total. The predicted octanol–water partition coefficient (Wildman–Crippen LogP) is 4.84. The van der Waals surface area contributed by atoms with Crippen LogP contribution in [0, 0.1) is 0 Å². The Kier molecular flexibility index (Phi) is 5.13. The molecular formula is C14H16BrCl2N3. The fourth-order valence-electron chi connectivity index (χ4n) is 2.21. The van der Waals surface area contributed by atoms with E-state index >= 15 is 0 Å². The van der Waals surface area contributed by atoms with E-state index in [0.29, 0.717) is 10.0 Å². The molecule has 0 fully saturated rings. The molecule has 108 valence electrons. The first-order chi connectivity index (χ1) is 9.45. The van der Waals surface area contributed by atoms with Crippen molar-refractivity contribution in [3.05, 3.63) is 50.2 Å². The Morgan fingerprint density at radius 1 is 1.25 bits per heavy atom. The summed E-state index contributed by atoms with van der Waals surface area (Å²) in [5.74, 6) is 0. The lowest BCUT2D eigenvalue weighted by molar-refractivity contribution is 0.484. The van der Waals surface area contributed by atoms with Gasteiger partial charge in [0.2, 0.25) is 0 Å². The van der Waals surface area contributed by atoms with Crippen LogP contribution in [0.25, 0.3) is 0 Å². The van der Waals surface area contributed by atoms with Gasteiger partial charge in [0, 0.05) is 15.5 Å². The van der Waals surface area contributed by atoms with Crippen molar-refractivity contribution in [2.75, 3.05) is 7.05 Å². The number of rotatable bonds is 4. The molecule has 0 amide bonds. The van der Waals surface area contributed by atoms with Gasteiger partial charge in [-0.15, -0.1) is 0 Å². The minimum absolute atomic E-state index is 0.114. The van der Waals surface area contributed by atoms with Crippen LogP contribution in [0.5, 0.6) is 0 Å². The summed E-state index contributed by atoms with van der Waals surface area (Å²) < 4.78 is 2.89. The molecule has 1 atom stereocenters. The van der Waals surface area contributed by atoms with Gasteiger partial charge >= 0.3 is 0 Å². The van der Waals surface area contributed by atoms with Crippen LogP contribution in [0.4, 0.5) is 0 Å². The highest BCUT2D eigenvalue weighted by Gasteiger charge is 2.24.